The Morgan fingerprint density at radius 2 is 2.00 bits per heavy atom. The van der Waals surface area contributed by atoms with Gasteiger partial charge < -0.3 is 0 Å². The van der Waals surface area contributed by atoms with Crippen molar-refractivity contribution in [1.29, 1.82) is 0 Å². The van der Waals surface area contributed by atoms with Gasteiger partial charge in [-0.2, -0.15) is 0 Å². The number of carbonyl (C=O) groups excluding carboxylic acids is 2. The Labute approximate surface area is 118 Å². The van der Waals surface area contributed by atoms with Gasteiger partial charge in [-0.3, -0.25) is 0 Å². The number of hydrogen-bond donors (Lipinski definition) is 0. The zero-order valence-electron chi connectivity index (χ0n) is 10.9. The molecule has 1 amide bonds. The van der Waals surface area contributed by atoms with Crippen LogP contribution in [-0.2, 0) is 33.9 Å². The van der Waals surface area contributed by atoms with E-state index in [4.69, 9.17) is 9.47 Å². The van der Waals surface area contributed by atoms with Gasteiger partial charge in [-0.1, -0.05) is 0 Å². The van der Waals surface area contributed by atoms with Crippen molar-refractivity contribution in [3.8, 4) is 0 Å². The average molecular weight is 437 g/mol. The second-order valence-electron chi connectivity index (χ2n) is 5.17. The predicted octanol–water partition coefficient (Wildman–Crippen LogP) is 1.62. The number of likely N-dealkylation sites (tertiary alicyclic amines) is 1. The normalized spacial score (nSPS) is 23.8. The maximum absolute atomic E-state index is 12.0. The molecule has 2 atom stereocenters. The Balaban J connectivity index is 2.73. The summed E-state index contributed by atoms with van der Waals surface area (Å²) in [6, 6.07) is -0.0245. The van der Waals surface area contributed by atoms with E-state index in [1.165, 1.54) is 11.8 Å². The molecule has 0 saturated carbocycles. The van der Waals surface area contributed by atoms with Crippen molar-refractivity contribution in [1.82, 2.24) is 4.90 Å². The van der Waals surface area contributed by atoms with E-state index in [-0.39, 0.29) is 6.04 Å². The molecule has 1 heterocycles. The van der Waals surface area contributed by atoms with E-state index in [9.17, 15) is 9.59 Å². The monoisotopic (exact) mass is 437 g/mol. The molecule has 0 N–H and O–H groups in total. The molecular formula is C11H18N2O4Pt. The van der Waals surface area contributed by atoms with Crippen LogP contribution < -0.4 is 0 Å². The number of hydrogen-bond acceptors (Lipinski definition) is 5. The molecule has 7 heteroatoms. The van der Waals surface area contributed by atoms with Gasteiger partial charge in [0.15, 0.2) is 0 Å². The van der Waals surface area contributed by atoms with Crippen LogP contribution in [0.1, 0.15) is 34.1 Å². The van der Waals surface area contributed by atoms with Crippen molar-refractivity contribution in [3.63, 3.8) is 0 Å². The summed E-state index contributed by atoms with van der Waals surface area (Å²) in [5.74, 6) is -0.414. The molecular weight excluding hydrogens is 419 g/mol. The van der Waals surface area contributed by atoms with Crippen molar-refractivity contribution < 1.29 is 38.7 Å². The SMILES string of the molecule is CC(=O)O[C@@H]1C[C@H]([N]=[Pt])CN1C(=O)OC(C)(C)C. The summed E-state index contributed by atoms with van der Waals surface area (Å²) in [7, 11) is 0. The van der Waals surface area contributed by atoms with Crippen molar-refractivity contribution in [2.75, 3.05) is 6.54 Å². The fourth-order valence-corrected chi connectivity index (χ4v) is 2.08. The first kappa shape index (κ1) is 15.3. The number of amides is 1. The molecule has 1 rings (SSSR count). The average Bonchev–Trinajstić information content (AvgIpc) is 2.57. The summed E-state index contributed by atoms with van der Waals surface area (Å²) in [5.41, 5.74) is -0.572. The first-order valence-corrected chi connectivity index (χ1v) is 6.69. The van der Waals surface area contributed by atoms with Gasteiger partial charge in [0.1, 0.15) is 0 Å². The molecule has 0 bridgehead atoms. The Kier molecular flexibility index (Phi) is 5.02. The Morgan fingerprint density at radius 3 is 2.44 bits per heavy atom. The summed E-state index contributed by atoms with van der Waals surface area (Å²) < 4.78 is 14.5. The van der Waals surface area contributed by atoms with Crippen molar-refractivity contribution in [2.45, 2.75) is 52.0 Å². The number of ether oxygens (including phenoxy) is 2. The third kappa shape index (κ3) is 4.48. The number of carbonyl (C=O) groups is 2. The number of nitrogens with zero attached hydrogens (tertiary/aromatic N) is 2. The van der Waals surface area contributed by atoms with Crippen LogP contribution in [0.2, 0.25) is 0 Å². The summed E-state index contributed by atoms with van der Waals surface area (Å²) in [5, 5.41) is 0. The second-order valence-corrected chi connectivity index (χ2v) is 5.75. The number of rotatable bonds is 2. The molecule has 1 aliphatic rings. The van der Waals surface area contributed by atoms with Crippen LogP contribution in [0.5, 0.6) is 0 Å². The first-order chi connectivity index (χ1) is 8.23. The van der Waals surface area contributed by atoms with E-state index in [1.807, 2.05) is 19.6 Å². The molecule has 0 spiro atoms. The molecule has 0 aromatic heterocycles. The third-order valence-corrected chi connectivity index (χ3v) is 3.10. The van der Waals surface area contributed by atoms with Crippen molar-refractivity contribution >= 4 is 12.1 Å². The molecule has 1 saturated heterocycles. The van der Waals surface area contributed by atoms with Gasteiger partial charge in [0.2, 0.25) is 0 Å². The van der Waals surface area contributed by atoms with Crippen LogP contribution >= 0.6 is 0 Å². The van der Waals surface area contributed by atoms with E-state index in [2.05, 4.69) is 3.50 Å². The molecule has 18 heavy (non-hydrogen) atoms. The Bertz CT molecular complexity index is 353. The topological polar surface area (TPSA) is 68.2 Å². The van der Waals surface area contributed by atoms with Gasteiger partial charge in [0, 0.05) is 0 Å². The third-order valence-electron chi connectivity index (χ3n) is 2.27. The van der Waals surface area contributed by atoms with E-state index in [0.29, 0.717) is 13.0 Å². The summed E-state index contributed by atoms with van der Waals surface area (Å²) >= 11 is 1.88. The maximum atomic E-state index is 12.0. The summed E-state index contributed by atoms with van der Waals surface area (Å²) in [6.45, 7) is 7.12. The van der Waals surface area contributed by atoms with Gasteiger partial charge in [-0.05, 0) is 0 Å². The zero-order valence-corrected chi connectivity index (χ0v) is 13.2. The molecule has 0 unspecified atom stereocenters. The zero-order chi connectivity index (χ0) is 13.9. The van der Waals surface area contributed by atoms with Crippen molar-refractivity contribution in [2.24, 2.45) is 3.50 Å². The standard InChI is InChI=1S/C11H18N2O4.Pt/c1-7(14)16-9-5-8(12)6-13(9)10(15)17-11(2,3)4;/h8-9H,5-6H2,1-4H3;/t8-,9+;/m0./s1. The van der Waals surface area contributed by atoms with E-state index in [1.54, 1.807) is 20.8 Å². The molecule has 0 aromatic carbocycles. The molecule has 6 nitrogen and oxygen atoms in total. The molecule has 1 fully saturated rings. The minimum absolute atomic E-state index is 0.0245. The van der Waals surface area contributed by atoms with Gasteiger partial charge in [0.05, 0.1) is 0 Å². The van der Waals surface area contributed by atoms with Crippen LogP contribution in [0, 0.1) is 0 Å². The molecule has 0 aliphatic carbocycles. The minimum atomic E-state index is -0.582. The molecule has 0 radical (unpaired) electrons. The van der Waals surface area contributed by atoms with E-state index in [0.717, 1.165) is 0 Å². The van der Waals surface area contributed by atoms with Gasteiger partial charge in [-0.25, -0.2) is 0 Å². The van der Waals surface area contributed by atoms with Gasteiger partial charge in [0.25, 0.3) is 0 Å². The van der Waals surface area contributed by atoms with E-state index >= 15 is 0 Å². The first-order valence-electron chi connectivity index (χ1n) is 5.68. The van der Waals surface area contributed by atoms with Crippen LogP contribution in [0.25, 0.3) is 0 Å². The quantitative estimate of drug-likeness (QED) is 0.616. The predicted molar refractivity (Wildman–Crippen MR) is 59.3 cm³/mol. The van der Waals surface area contributed by atoms with Gasteiger partial charge >= 0.3 is 118 Å². The van der Waals surface area contributed by atoms with Crippen LogP contribution in [-0.4, -0.2) is 41.4 Å². The van der Waals surface area contributed by atoms with Crippen LogP contribution in [0.4, 0.5) is 4.79 Å². The van der Waals surface area contributed by atoms with Gasteiger partial charge in [-0.15, -0.1) is 0 Å². The second kappa shape index (κ2) is 5.91. The number of esters is 1. The van der Waals surface area contributed by atoms with Crippen LogP contribution in [0.15, 0.2) is 3.50 Å². The molecule has 106 valence electrons. The Hall–Kier alpha value is -0.772. The van der Waals surface area contributed by atoms with Crippen LogP contribution in [0.3, 0.4) is 0 Å². The molecule has 0 aromatic rings. The fourth-order valence-electron chi connectivity index (χ4n) is 1.65. The summed E-state index contributed by atoms with van der Waals surface area (Å²) in [4.78, 5) is 24.4. The van der Waals surface area contributed by atoms with E-state index < -0.39 is 23.9 Å². The Morgan fingerprint density at radius 1 is 1.39 bits per heavy atom. The fraction of sp³-hybridized carbons (Fsp3) is 0.818. The van der Waals surface area contributed by atoms with Crippen molar-refractivity contribution in [3.05, 3.63) is 0 Å². The summed E-state index contributed by atoms with van der Waals surface area (Å²) in [6.07, 6.45) is -0.541. The molecule has 1 aliphatic heterocycles.